The highest BCUT2D eigenvalue weighted by molar-refractivity contribution is 6.23. The van der Waals surface area contributed by atoms with Crippen LogP contribution >= 0.6 is 0 Å². The summed E-state index contributed by atoms with van der Waals surface area (Å²) in [5.41, 5.74) is 2.56. The van der Waals surface area contributed by atoms with Crippen molar-refractivity contribution in [3.8, 4) is 5.75 Å². The fraction of sp³-hybridized carbons (Fsp3) is 0.370. The summed E-state index contributed by atoms with van der Waals surface area (Å²) in [5, 5.41) is 19.1. The number of fused-ring (bicyclic) bond motifs is 3. The zero-order valence-corrected chi connectivity index (χ0v) is 19.2. The number of allylic oxidation sites excluding steroid dienone is 6. The van der Waals surface area contributed by atoms with Crippen molar-refractivity contribution in [1.82, 2.24) is 4.90 Å². The molecule has 1 aromatic carbocycles. The molecule has 0 aromatic heterocycles. The number of likely N-dealkylation sites (tertiary alicyclic amines) is 1. The molecule has 1 heterocycles. The van der Waals surface area contributed by atoms with Gasteiger partial charge in [-0.3, -0.25) is 28.9 Å². The van der Waals surface area contributed by atoms with Crippen LogP contribution in [0.15, 0.2) is 58.7 Å². The zero-order chi connectivity index (χ0) is 25.0. The summed E-state index contributed by atoms with van der Waals surface area (Å²) in [6, 6.07) is 6.54. The lowest BCUT2D eigenvalue weighted by Gasteiger charge is -2.42. The predicted octanol–water partition coefficient (Wildman–Crippen LogP) is 2.69. The number of phenols is 1. The lowest BCUT2D eigenvalue weighted by atomic mass is 9.59. The molecule has 1 fully saturated rings. The molecule has 35 heavy (non-hydrogen) atoms. The van der Waals surface area contributed by atoms with Gasteiger partial charge in [0, 0.05) is 35.6 Å². The highest BCUT2D eigenvalue weighted by Crippen LogP contribution is 2.55. The number of aromatic hydroxyl groups is 1. The van der Waals surface area contributed by atoms with Crippen LogP contribution in [0.3, 0.4) is 0 Å². The third-order valence-electron chi connectivity index (χ3n) is 7.63. The molecule has 1 saturated heterocycles. The number of benzene rings is 1. The zero-order valence-electron chi connectivity index (χ0n) is 19.2. The predicted molar refractivity (Wildman–Crippen MR) is 123 cm³/mol. The minimum absolute atomic E-state index is 0.0269. The third kappa shape index (κ3) is 3.64. The second-order valence-electron chi connectivity index (χ2n) is 9.65. The topological polar surface area (TPSA) is 129 Å². The fourth-order valence-electron chi connectivity index (χ4n) is 6.14. The lowest BCUT2D eigenvalue weighted by Crippen LogP contribution is -2.39. The molecule has 3 aliphatic carbocycles. The number of carbonyl (C=O) groups excluding carboxylic acids is 4. The van der Waals surface area contributed by atoms with Gasteiger partial charge in [0.05, 0.1) is 11.8 Å². The molecule has 0 radical (unpaired) electrons. The van der Waals surface area contributed by atoms with Gasteiger partial charge in [0.1, 0.15) is 5.75 Å². The molecule has 0 spiro atoms. The first-order valence-corrected chi connectivity index (χ1v) is 11.7. The summed E-state index contributed by atoms with van der Waals surface area (Å²) >= 11 is 0. The molecular weight excluding hydrogens is 450 g/mol. The lowest BCUT2D eigenvalue weighted by molar-refractivity contribution is -0.142. The number of amides is 2. The van der Waals surface area contributed by atoms with Crippen molar-refractivity contribution in [2.75, 3.05) is 6.54 Å². The summed E-state index contributed by atoms with van der Waals surface area (Å²) in [5.74, 6) is -4.39. The third-order valence-corrected chi connectivity index (χ3v) is 7.63. The molecule has 8 nitrogen and oxygen atoms in total. The van der Waals surface area contributed by atoms with Gasteiger partial charge in [-0.15, -0.1) is 0 Å². The maximum atomic E-state index is 13.5. The Hall–Kier alpha value is -3.81. The van der Waals surface area contributed by atoms with E-state index in [0.717, 1.165) is 5.57 Å². The van der Waals surface area contributed by atoms with Gasteiger partial charge < -0.3 is 10.2 Å². The number of carboxylic acid groups (broad SMARTS) is 1. The molecule has 180 valence electrons. The van der Waals surface area contributed by atoms with Crippen molar-refractivity contribution in [1.29, 1.82) is 0 Å². The Morgan fingerprint density at radius 2 is 1.89 bits per heavy atom. The van der Waals surface area contributed by atoms with Crippen LogP contribution in [-0.4, -0.2) is 51.0 Å². The molecule has 5 rings (SSSR count). The fourth-order valence-corrected chi connectivity index (χ4v) is 6.14. The van der Waals surface area contributed by atoms with E-state index in [1.165, 1.54) is 17.0 Å². The van der Waals surface area contributed by atoms with Crippen molar-refractivity contribution in [3.05, 3.63) is 64.3 Å². The number of hydrogen-bond donors (Lipinski definition) is 2. The first kappa shape index (κ1) is 23.0. The summed E-state index contributed by atoms with van der Waals surface area (Å²) < 4.78 is 0. The van der Waals surface area contributed by atoms with Gasteiger partial charge in [0.2, 0.25) is 11.8 Å². The van der Waals surface area contributed by atoms with E-state index < -0.39 is 29.6 Å². The number of aliphatic carboxylic acids is 1. The molecule has 2 N–H and O–H groups in total. The highest BCUT2D eigenvalue weighted by Gasteiger charge is 2.56. The average Bonchev–Trinajstić information content (AvgIpc) is 3.06. The smallest absolute Gasteiger partial charge is 0.303 e. The molecule has 0 saturated carbocycles. The van der Waals surface area contributed by atoms with E-state index in [9.17, 15) is 29.1 Å². The summed E-state index contributed by atoms with van der Waals surface area (Å²) in [6.45, 7) is 1.64. The van der Waals surface area contributed by atoms with Crippen LogP contribution in [0.2, 0.25) is 0 Å². The summed E-state index contributed by atoms with van der Waals surface area (Å²) in [7, 11) is 0. The molecule has 4 unspecified atom stereocenters. The number of ketones is 2. The van der Waals surface area contributed by atoms with E-state index in [-0.39, 0.29) is 54.9 Å². The van der Waals surface area contributed by atoms with Crippen molar-refractivity contribution >= 4 is 29.4 Å². The highest BCUT2D eigenvalue weighted by atomic mass is 16.4. The molecule has 4 aliphatic rings. The maximum Gasteiger partial charge on any atom is 0.303 e. The molecular formula is C27H25NO7. The quantitative estimate of drug-likeness (QED) is 0.381. The number of carbonyl (C=O) groups is 5. The Labute approximate surface area is 201 Å². The Morgan fingerprint density at radius 3 is 2.60 bits per heavy atom. The molecule has 0 bridgehead atoms. The number of rotatable bonds is 5. The van der Waals surface area contributed by atoms with Crippen molar-refractivity contribution < 1.29 is 34.2 Å². The van der Waals surface area contributed by atoms with Crippen LogP contribution in [0.4, 0.5) is 0 Å². The van der Waals surface area contributed by atoms with Crippen molar-refractivity contribution in [3.63, 3.8) is 0 Å². The van der Waals surface area contributed by atoms with Crippen molar-refractivity contribution in [2.24, 2.45) is 17.8 Å². The maximum absolute atomic E-state index is 13.5. The first-order chi connectivity index (χ1) is 16.7. The number of Topliss-reactive ketones (excluding diaryl/α,β-unsaturated/α-hetero) is 1. The van der Waals surface area contributed by atoms with E-state index in [2.05, 4.69) is 0 Å². The Kier molecular flexibility index (Phi) is 5.54. The first-order valence-electron chi connectivity index (χ1n) is 11.7. The molecule has 1 aromatic rings. The monoisotopic (exact) mass is 475 g/mol. The van der Waals surface area contributed by atoms with Gasteiger partial charge >= 0.3 is 5.97 Å². The van der Waals surface area contributed by atoms with Gasteiger partial charge in [-0.05, 0) is 55.9 Å². The number of hydrogen-bond acceptors (Lipinski definition) is 6. The molecule has 4 atom stereocenters. The van der Waals surface area contributed by atoms with Gasteiger partial charge in [0.25, 0.3) is 0 Å². The molecule has 2 amide bonds. The van der Waals surface area contributed by atoms with E-state index in [1.807, 2.05) is 6.08 Å². The second-order valence-corrected chi connectivity index (χ2v) is 9.65. The SMILES string of the molecule is CC1=CC(=O)C2=C(CC3C(=CCC4C(=O)N(CCCC(=O)O)C(=O)C43)C2c2cccc(O)c2)C1=O. The van der Waals surface area contributed by atoms with Crippen LogP contribution in [0, 0.1) is 17.8 Å². The van der Waals surface area contributed by atoms with Gasteiger partial charge in [-0.1, -0.05) is 23.8 Å². The van der Waals surface area contributed by atoms with E-state index in [1.54, 1.807) is 25.1 Å². The standard InChI is InChI=1S/C27H25NO7/c1-13-10-20(30)24-19(25(13)33)12-18-16(22(24)14-4-2-5-15(29)11-14)7-8-17-23(18)27(35)28(26(17)34)9-3-6-21(31)32/h2,4-5,7,10-11,17-18,22-23,29H,3,6,8-9,12H2,1H3,(H,31,32). The van der Waals surface area contributed by atoms with E-state index >= 15 is 0 Å². The minimum atomic E-state index is -0.991. The number of carboxylic acids is 1. The second kappa shape index (κ2) is 8.45. The van der Waals surface area contributed by atoms with E-state index in [4.69, 9.17) is 5.11 Å². The van der Waals surface area contributed by atoms with Crippen molar-refractivity contribution in [2.45, 2.75) is 38.5 Å². The Morgan fingerprint density at radius 1 is 1.11 bits per heavy atom. The van der Waals surface area contributed by atoms with Crippen LogP contribution < -0.4 is 0 Å². The van der Waals surface area contributed by atoms with Crippen LogP contribution in [-0.2, 0) is 24.0 Å². The Balaban J connectivity index is 1.58. The average molecular weight is 475 g/mol. The Bertz CT molecular complexity index is 1280. The minimum Gasteiger partial charge on any atom is -0.508 e. The van der Waals surface area contributed by atoms with Crippen LogP contribution in [0.5, 0.6) is 5.75 Å². The molecule has 8 heteroatoms. The largest absolute Gasteiger partial charge is 0.508 e. The number of nitrogens with zero attached hydrogens (tertiary/aromatic N) is 1. The summed E-state index contributed by atoms with van der Waals surface area (Å²) in [4.78, 5) is 64.9. The molecule has 1 aliphatic heterocycles. The van der Waals surface area contributed by atoms with Gasteiger partial charge in [0.15, 0.2) is 11.6 Å². The normalized spacial score (nSPS) is 27.9. The van der Waals surface area contributed by atoms with E-state index in [0.29, 0.717) is 28.7 Å². The van der Waals surface area contributed by atoms with Crippen LogP contribution in [0.1, 0.15) is 44.1 Å². The summed E-state index contributed by atoms with van der Waals surface area (Å²) in [6.07, 6.45) is 3.81. The van der Waals surface area contributed by atoms with Crippen LogP contribution in [0.25, 0.3) is 0 Å². The van der Waals surface area contributed by atoms with Gasteiger partial charge in [-0.2, -0.15) is 0 Å². The number of imide groups is 1. The number of phenolic OH excluding ortho intramolecular Hbond substituents is 1. The van der Waals surface area contributed by atoms with Gasteiger partial charge in [-0.25, -0.2) is 0 Å².